The van der Waals surface area contributed by atoms with Crippen LogP contribution in [0, 0.1) is 5.92 Å². The Labute approximate surface area is 267 Å². The second kappa shape index (κ2) is 32.8. The highest BCUT2D eigenvalue weighted by Crippen LogP contribution is 2.15. The average molecular weight is 631 g/mol. The summed E-state index contributed by atoms with van der Waals surface area (Å²) < 4.78 is 10.8. The lowest BCUT2D eigenvalue weighted by Crippen LogP contribution is -2.34. The molecule has 10 heteroatoms. The molecular formula is C34H66N2O8. The Hall–Kier alpha value is -1.56. The molecule has 0 aliphatic heterocycles. The Morgan fingerprint density at radius 1 is 0.591 bits per heavy atom. The number of unbranched alkanes of at least 4 members (excludes halogenated alkanes) is 14. The van der Waals surface area contributed by atoms with E-state index in [0.717, 1.165) is 19.3 Å². The van der Waals surface area contributed by atoms with Crippen LogP contribution in [-0.4, -0.2) is 121 Å². The third kappa shape index (κ3) is 26.8. The molecule has 0 aromatic rings. The van der Waals surface area contributed by atoms with E-state index in [1.54, 1.807) is 15.9 Å². The van der Waals surface area contributed by atoms with Crippen LogP contribution < -0.4 is 0 Å². The van der Waals surface area contributed by atoms with Gasteiger partial charge in [0.1, 0.15) is 13.2 Å². The highest BCUT2D eigenvalue weighted by Gasteiger charge is 2.22. The van der Waals surface area contributed by atoms with Crippen LogP contribution in [0.25, 0.3) is 0 Å². The van der Waals surface area contributed by atoms with Crippen molar-refractivity contribution in [3.63, 3.8) is 0 Å². The minimum Gasteiger partial charge on any atom is -0.464 e. The number of hydrogen-bond acceptors (Lipinski definition) is 10. The van der Waals surface area contributed by atoms with Gasteiger partial charge in [-0.2, -0.15) is 0 Å². The van der Waals surface area contributed by atoms with E-state index in [2.05, 4.69) is 6.92 Å². The third-order valence-corrected chi connectivity index (χ3v) is 7.77. The van der Waals surface area contributed by atoms with Crippen molar-refractivity contribution in [2.75, 3.05) is 78.9 Å². The molecule has 0 aliphatic rings. The van der Waals surface area contributed by atoms with Crippen molar-refractivity contribution < 1.29 is 39.5 Å². The summed E-state index contributed by atoms with van der Waals surface area (Å²) in [7, 11) is 0. The molecule has 1 unspecified atom stereocenters. The number of allylic oxidation sites excluding steroid dienone is 1. The van der Waals surface area contributed by atoms with Crippen molar-refractivity contribution in [2.24, 2.45) is 5.92 Å². The van der Waals surface area contributed by atoms with Crippen LogP contribution in [0.15, 0.2) is 12.2 Å². The molecule has 0 bridgehead atoms. The van der Waals surface area contributed by atoms with Gasteiger partial charge in [0, 0.05) is 39.3 Å². The van der Waals surface area contributed by atoms with Crippen molar-refractivity contribution in [2.45, 2.75) is 110 Å². The molecule has 0 fully saturated rings. The van der Waals surface area contributed by atoms with Crippen LogP contribution in [0.1, 0.15) is 110 Å². The summed E-state index contributed by atoms with van der Waals surface area (Å²) in [6.07, 6.45) is 22.6. The van der Waals surface area contributed by atoms with Gasteiger partial charge in [-0.3, -0.25) is 19.4 Å². The summed E-state index contributed by atoms with van der Waals surface area (Å²) in [6.45, 7) is 4.46. The van der Waals surface area contributed by atoms with Gasteiger partial charge in [0.05, 0.1) is 38.8 Å². The predicted octanol–water partition coefficient (Wildman–Crippen LogP) is 4.08. The quantitative estimate of drug-likeness (QED) is 0.0476. The monoisotopic (exact) mass is 630 g/mol. The van der Waals surface area contributed by atoms with E-state index in [4.69, 9.17) is 19.7 Å². The van der Waals surface area contributed by atoms with Gasteiger partial charge in [0.15, 0.2) is 0 Å². The minimum absolute atomic E-state index is 0.0556. The number of rotatable bonds is 33. The molecular weight excluding hydrogens is 564 g/mol. The van der Waals surface area contributed by atoms with Crippen LogP contribution in [0.5, 0.6) is 0 Å². The van der Waals surface area contributed by atoms with Gasteiger partial charge in [-0.1, -0.05) is 103 Å². The molecule has 0 aliphatic carbocycles. The van der Waals surface area contributed by atoms with E-state index >= 15 is 0 Å². The zero-order chi connectivity index (χ0) is 32.5. The smallest absolute Gasteiger partial charge is 0.313 e. The predicted molar refractivity (Wildman–Crippen MR) is 175 cm³/mol. The summed E-state index contributed by atoms with van der Waals surface area (Å²) >= 11 is 0. The van der Waals surface area contributed by atoms with E-state index in [1.165, 1.54) is 77.0 Å². The normalized spacial score (nSPS) is 12.4. The Bertz CT molecular complexity index is 668. The molecule has 0 radical (unpaired) electrons. The topological polar surface area (TPSA) is 140 Å². The lowest BCUT2D eigenvalue weighted by Gasteiger charge is -2.21. The number of esters is 2. The van der Waals surface area contributed by atoms with Crippen LogP contribution in [-0.2, 0) is 19.1 Å². The fourth-order valence-electron chi connectivity index (χ4n) is 5.09. The number of aliphatic hydroxyl groups excluding tert-OH is 4. The van der Waals surface area contributed by atoms with Gasteiger partial charge >= 0.3 is 11.9 Å². The summed E-state index contributed by atoms with van der Waals surface area (Å²) in [4.78, 5) is 29.0. The summed E-state index contributed by atoms with van der Waals surface area (Å²) in [5.41, 5.74) is 0. The first-order valence-electron chi connectivity index (χ1n) is 17.4. The molecule has 44 heavy (non-hydrogen) atoms. The van der Waals surface area contributed by atoms with E-state index < -0.39 is 17.9 Å². The Morgan fingerprint density at radius 3 is 1.43 bits per heavy atom. The molecule has 0 saturated heterocycles. The first kappa shape index (κ1) is 42.4. The third-order valence-electron chi connectivity index (χ3n) is 7.77. The number of carbonyl (C=O) groups excluding carboxylic acids is 2. The fraction of sp³-hybridized carbons (Fsp3) is 0.882. The van der Waals surface area contributed by atoms with Gasteiger partial charge in [0.2, 0.25) is 0 Å². The van der Waals surface area contributed by atoms with Crippen LogP contribution in [0.3, 0.4) is 0 Å². The first-order valence-corrected chi connectivity index (χ1v) is 17.4. The number of hydrogen-bond donors (Lipinski definition) is 4. The van der Waals surface area contributed by atoms with E-state index in [0.29, 0.717) is 39.3 Å². The van der Waals surface area contributed by atoms with Gasteiger partial charge in [-0.15, -0.1) is 0 Å². The van der Waals surface area contributed by atoms with E-state index in [-0.39, 0.29) is 46.1 Å². The maximum atomic E-state index is 12.9. The van der Waals surface area contributed by atoms with Crippen molar-refractivity contribution in [3.05, 3.63) is 12.2 Å². The molecule has 0 heterocycles. The number of nitrogens with zero attached hydrogens (tertiary/aromatic N) is 2. The lowest BCUT2D eigenvalue weighted by atomic mass is 10.0. The first-order chi connectivity index (χ1) is 21.5. The molecule has 260 valence electrons. The average Bonchev–Trinajstić information content (AvgIpc) is 3.00. The van der Waals surface area contributed by atoms with Gasteiger partial charge < -0.3 is 29.9 Å². The highest BCUT2D eigenvalue weighted by molar-refractivity contribution is 5.81. The molecule has 0 spiro atoms. The molecule has 0 rings (SSSR count). The van der Waals surface area contributed by atoms with Crippen LogP contribution in [0.2, 0.25) is 0 Å². The molecule has 4 N–H and O–H groups in total. The minimum atomic E-state index is -0.760. The molecule has 0 amide bonds. The number of aliphatic hydroxyl groups is 4. The van der Waals surface area contributed by atoms with Crippen molar-refractivity contribution in [1.82, 2.24) is 9.80 Å². The summed E-state index contributed by atoms with van der Waals surface area (Å²) in [5.74, 6) is -1.78. The molecule has 0 aromatic carbocycles. The molecule has 0 aromatic heterocycles. The largest absolute Gasteiger partial charge is 0.464 e. The van der Waals surface area contributed by atoms with Gasteiger partial charge in [0.25, 0.3) is 0 Å². The van der Waals surface area contributed by atoms with Crippen LogP contribution >= 0.6 is 0 Å². The van der Waals surface area contributed by atoms with Gasteiger partial charge in [-0.25, -0.2) is 0 Å². The number of carbonyl (C=O) groups is 2. The van der Waals surface area contributed by atoms with Crippen LogP contribution in [0.4, 0.5) is 0 Å². The molecule has 10 nitrogen and oxygen atoms in total. The Balaban J connectivity index is 4.50. The maximum absolute atomic E-state index is 12.9. The van der Waals surface area contributed by atoms with E-state index in [9.17, 15) is 19.8 Å². The highest BCUT2D eigenvalue weighted by atomic mass is 16.5. The van der Waals surface area contributed by atoms with Crippen molar-refractivity contribution >= 4 is 11.9 Å². The molecule has 0 saturated carbocycles. The number of ether oxygens (including phenoxy) is 2. The van der Waals surface area contributed by atoms with Gasteiger partial charge in [-0.05, 0) is 12.8 Å². The SMILES string of the molecule is CCCCCCCCCCCCCCCC/C=C/C(CC(=O)OCCN(CCO)CCO)C(=O)OCCN(CCO)CCO. The summed E-state index contributed by atoms with van der Waals surface area (Å²) in [5, 5.41) is 36.6. The second-order valence-electron chi connectivity index (χ2n) is 11.6. The maximum Gasteiger partial charge on any atom is 0.313 e. The fourth-order valence-corrected chi connectivity index (χ4v) is 5.09. The zero-order valence-electron chi connectivity index (χ0n) is 27.8. The van der Waals surface area contributed by atoms with Crippen molar-refractivity contribution in [3.8, 4) is 0 Å². The zero-order valence-corrected chi connectivity index (χ0v) is 27.8. The lowest BCUT2D eigenvalue weighted by molar-refractivity contribution is -0.154. The molecule has 1 atom stereocenters. The standard InChI is InChI=1S/C34H66N2O8/c1-2-3-4-5-6-7-8-9-10-11-12-13-14-15-16-17-18-32(34(42)44-30-24-36(21-27-39)22-28-40)31-33(41)43-29-23-35(19-25-37)20-26-38/h17-18,32,37-40H,2-16,19-31H2,1H3/b18-17+. The van der Waals surface area contributed by atoms with Crippen molar-refractivity contribution in [1.29, 1.82) is 0 Å². The van der Waals surface area contributed by atoms with E-state index in [1.807, 2.05) is 6.08 Å². The second-order valence-corrected chi connectivity index (χ2v) is 11.6. The summed E-state index contributed by atoms with van der Waals surface area (Å²) in [6, 6.07) is 0. The Morgan fingerprint density at radius 2 is 1.00 bits per heavy atom. The Kier molecular flexibility index (Phi) is 31.7.